The highest BCUT2D eigenvalue weighted by atomic mass is 79.9. The third kappa shape index (κ3) is 1.99. The summed E-state index contributed by atoms with van der Waals surface area (Å²) in [6.07, 6.45) is 0. The maximum Gasteiger partial charge on any atom is 0.227 e. The average molecular weight is 303 g/mol. The highest BCUT2D eigenvalue weighted by Gasteiger charge is 2.09. The van der Waals surface area contributed by atoms with Gasteiger partial charge in [0.05, 0.1) is 0 Å². The van der Waals surface area contributed by atoms with Crippen LogP contribution in [-0.4, -0.2) is 4.98 Å². The lowest BCUT2D eigenvalue weighted by atomic mass is 10.1. The molecule has 0 radical (unpaired) electrons. The predicted molar refractivity (Wildman–Crippen MR) is 76.3 cm³/mol. The van der Waals surface area contributed by atoms with Gasteiger partial charge in [-0.05, 0) is 48.9 Å². The monoisotopic (exact) mass is 302 g/mol. The van der Waals surface area contributed by atoms with E-state index in [2.05, 4.69) is 20.9 Å². The van der Waals surface area contributed by atoms with Gasteiger partial charge >= 0.3 is 0 Å². The van der Waals surface area contributed by atoms with Crippen LogP contribution in [0.25, 0.3) is 22.6 Å². The number of aromatic nitrogens is 1. The minimum absolute atomic E-state index is 0.611. The Morgan fingerprint density at radius 3 is 2.78 bits per heavy atom. The number of aryl methyl sites for hydroxylation is 1. The Morgan fingerprint density at radius 2 is 2.00 bits per heavy atom. The summed E-state index contributed by atoms with van der Waals surface area (Å²) >= 11 is 3.48. The van der Waals surface area contributed by atoms with E-state index in [9.17, 15) is 0 Å². The van der Waals surface area contributed by atoms with Crippen molar-refractivity contribution in [1.82, 2.24) is 4.98 Å². The van der Waals surface area contributed by atoms with Gasteiger partial charge in [0.2, 0.25) is 5.89 Å². The Balaban J connectivity index is 2.19. The molecule has 3 nitrogen and oxygen atoms in total. The fourth-order valence-corrected chi connectivity index (χ4v) is 2.54. The van der Waals surface area contributed by atoms with E-state index < -0.39 is 0 Å². The molecule has 0 atom stereocenters. The highest BCUT2D eigenvalue weighted by molar-refractivity contribution is 9.10. The molecular formula is C14H11BrN2O. The Morgan fingerprint density at radius 1 is 1.17 bits per heavy atom. The van der Waals surface area contributed by atoms with Crippen LogP contribution in [0.5, 0.6) is 0 Å². The first kappa shape index (κ1) is 11.3. The Hall–Kier alpha value is -1.81. The standard InChI is InChI=1S/C14H11BrN2O/c1-8-4-9(6-10(15)5-8)14-17-12-7-11(16)2-3-13(12)18-14/h2-7H,16H2,1H3. The topological polar surface area (TPSA) is 52.0 Å². The summed E-state index contributed by atoms with van der Waals surface area (Å²) in [7, 11) is 0. The summed E-state index contributed by atoms with van der Waals surface area (Å²) < 4.78 is 6.74. The molecule has 1 heterocycles. The second-order valence-corrected chi connectivity index (χ2v) is 5.18. The summed E-state index contributed by atoms with van der Waals surface area (Å²) in [5, 5.41) is 0. The summed E-state index contributed by atoms with van der Waals surface area (Å²) in [5.74, 6) is 0.611. The molecule has 0 bridgehead atoms. The number of rotatable bonds is 1. The number of anilines is 1. The van der Waals surface area contributed by atoms with Crippen molar-refractivity contribution in [2.45, 2.75) is 6.92 Å². The minimum Gasteiger partial charge on any atom is -0.436 e. The van der Waals surface area contributed by atoms with Gasteiger partial charge in [0.15, 0.2) is 5.58 Å². The largest absolute Gasteiger partial charge is 0.436 e. The smallest absolute Gasteiger partial charge is 0.227 e. The first-order valence-electron chi connectivity index (χ1n) is 5.55. The Kier molecular flexibility index (Phi) is 2.59. The van der Waals surface area contributed by atoms with Gasteiger partial charge in [0, 0.05) is 15.7 Å². The van der Waals surface area contributed by atoms with E-state index in [0.29, 0.717) is 11.6 Å². The number of nitrogens with zero attached hydrogens (tertiary/aromatic N) is 1. The van der Waals surface area contributed by atoms with Gasteiger partial charge in [-0.1, -0.05) is 15.9 Å². The SMILES string of the molecule is Cc1cc(Br)cc(-c2nc3cc(N)ccc3o2)c1. The van der Waals surface area contributed by atoms with Crippen molar-refractivity contribution in [2.24, 2.45) is 0 Å². The lowest BCUT2D eigenvalue weighted by Crippen LogP contribution is -1.82. The normalized spacial score (nSPS) is 11.0. The summed E-state index contributed by atoms with van der Waals surface area (Å²) in [6.45, 7) is 2.04. The number of fused-ring (bicyclic) bond motifs is 1. The van der Waals surface area contributed by atoms with E-state index >= 15 is 0 Å². The maximum absolute atomic E-state index is 5.73. The first-order chi connectivity index (χ1) is 8.61. The number of hydrogen-bond acceptors (Lipinski definition) is 3. The van der Waals surface area contributed by atoms with Crippen molar-refractivity contribution < 1.29 is 4.42 Å². The van der Waals surface area contributed by atoms with E-state index in [4.69, 9.17) is 10.2 Å². The van der Waals surface area contributed by atoms with Gasteiger partial charge in [-0.3, -0.25) is 0 Å². The zero-order valence-electron chi connectivity index (χ0n) is 9.77. The van der Waals surface area contributed by atoms with E-state index in [0.717, 1.165) is 26.7 Å². The van der Waals surface area contributed by atoms with Crippen molar-refractivity contribution in [2.75, 3.05) is 5.73 Å². The number of nitrogen functional groups attached to an aromatic ring is 1. The lowest BCUT2D eigenvalue weighted by molar-refractivity contribution is 0.620. The van der Waals surface area contributed by atoms with Crippen molar-refractivity contribution in [3.8, 4) is 11.5 Å². The van der Waals surface area contributed by atoms with Gasteiger partial charge in [0.1, 0.15) is 5.52 Å². The van der Waals surface area contributed by atoms with E-state index in [-0.39, 0.29) is 0 Å². The van der Waals surface area contributed by atoms with Crippen LogP contribution in [0.2, 0.25) is 0 Å². The van der Waals surface area contributed by atoms with Crippen LogP contribution in [0, 0.1) is 6.92 Å². The van der Waals surface area contributed by atoms with E-state index in [1.807, 2.05) is 43.3 Å². The van der Waals surface area contributed by atoms with Gasteiger partial charge < -0.3 is 10.2 Å². The molecule has 0 saturated carbocycles. The molecule has 0 fully saturated rings. The molecule has 3 rings (SSSR count). The molecule has 2 N–H and O–H groups in total. The summed E-state index contributed by atoms with van der Waals surface area (Å²) in [5.41, 5.74) is 10.1. The average Bonchev–Trinajstić information content (AvgIpc) is 2.70. The summed E-state index contributed by atoms with van der Waals surface area (Å²) in [4.78, 5) is 4.46. The molecule has 0 aliphatic carbocycles. The molecule has 0 saturated heterocycles. The molecule has 0 amide bonds. The quantitative estimate of drug-likeness (QED) is 0.687. The number of nitrogens with two attached hydrogens (primary N) is 1. The maximum atomic E-state index is 5.73. The van der Waals surface area contributed by atoms with E-state index in [1.54, 1.807) is 0 Å². The zero-order valence-corrected chi connectivity index (χ0v) is 11.4. The molecule has 1 aromatic heterocycles. The van der Waals surface area contributed by atoms with Crippen molar-refractivity contribution in [1.29, 1.82) is 0 Å². The predicted octanol–water partition coefficient (Wildman–Crippen LogP) is 4.15. The molecule has 3 aromatic rings. The fourth-order valence-electron chi connectivity index (χ4n) is 1.93. The van der Waals surface area contributed by atoms with E-state index in [1.165, 1.54) is 0 Å². The second kappa shape index (κ2) is 4.14. The van der Waals surface area contributed by atoms with Crippen molar-refractivity contribution in [3.63, 3.8) is 0 Å². The minimum atomic E-state index is 0.611. The molecule has 18 heavy (non-hydrogen) atoms. The number of halogens is 1. The third-order valence-electron chi connectivity index (χ3n) is 2.70. The number of benzene rings is 2. The van der Waals surface area contributed by atoms with Crippen molar-refractivity contribution in [3.05, 3.63) is 46.4 Å². The molecule has 2 aromatic carbocycles. The number of oxazole rings is 1. The van der Waals surface area contributed by atoms with Crippen molar-refractivity contribution >= 4 is 32.7 Å². The van der Waals surface area contributed by atoms with Gasteiger partial charge in [-0.25, -0.2) is 4.98 Å². The molecule has 90 valence electrons. The zero-order chi connectivity index (χ0) is 12.7. The summed E-state index contributed by atoms with van der Waals surface area (Å²) in [6, 6.07) is 11.5. The Bertz CT molecular complexity index is 713. The van der Waals surface area contributed by atoms with Crippen LogP contribution in [0.15, 0.2) is 45.3 Å². The molecular weight excluding hydrogens is 292 g/mol. The van der Waals surface area contributed by atoms with Crippen LogP contribution in [0.3, 0.4) is 0 Å². The first-order valence-corrected chi connectivity index (χ1v) is 6.35. The fraction of sp³-hybridized carbons (Fsp3) is 0.0714. The van der Waals surface area contributed by atoms with Crippen LogP contribution >= 0.6 is 15.9 Å². The molecule has 0 spiro atoms. The van der Waals surface area contributed by atoms with Gasteiger partial charge in [-0.2, -0.15) is 0 Å². The molecule has 0 aliphatic heterocycles. The van der Waals surface area contributed by atoms with Gasteiger partial charge in [0.25, 0.3) is 0 Å². The second-order valence-electron chi connectivity index (χ2n) is 4.26. The molecule has 0 aliphatic rings. The highest BCUT2D eigenvalue weighted by Crippen LogP contribution is 2.28. The van der Waals surface area contributed by atoms with Gasteiger partial charge in [-0.15, -0.1) is 0 Å². The van der Waals surface area contributed by atoms with Crippen LogP contribution in [0.4, 0.5) is 5.69 Å². The van der Waals surface area contributed by atoms with Crippen LogP contribution in [-0.2, 0) is 0 Å². The van der Waals surface area contributed by atoms with Crippen LogP contribution in [0.1, 0.15) is 5.56 Å². The molecule has 4 heteroatoms. The lowest BCUT2D eigenvalue weighted by Gasteiger charge is -1.99. The van der Waals surface area contributed by atoms with Crippen LogP contribution < -0.4 is 5.73 Å². The molecule has 0 unspecified atom stereocenters. The third-order valence-corrected chi connectivity index (χ3v) is 3.16. The Labute approximate surface area is 113 Å². The number of hydrogen-bond donors (Lipinski definition) is 1.